The van der Waals surface area contributed by atoms with Crippen molar-refractivity contribution >= 4 is 52.5 Å². The maximum atomic E-state index is 12.9. The number of amides is 1. The molecular weight excluding hydrogens is 505 g/mol. The highest BCUT2D eigenvalue weighted by Crippen LogP contribution is 2.41. The lowest BCUT2D eigenvalue weighted by atomic mass is 9.82. The zero-order valence-electron chi connectivity index (χ0n) is 19.2. The number of nitrogens with zero attached hydrogens (tertiary/aromatic N) is 1. The number of carbonyl (C=O) groups excluding carboxylic acids is 2. The van der Waals surface area contributed by atoms with Crippen LogP contribution in [0.2, 0.25) is 10.0 Å². The topological polar surface area (TPSA) is 91.2 Å². The van der Waals surface area contributed by atoms with Gasteiger partial charge in [-0.1, -0.05) is 65.8 Å². The zero-order chi connectivity index (χ0) is 25.5. The summed E-state index contributed by atoms with van der Waals surface area (Å²) in [7, 11) is 0. The average molecular weight is 528 g/mol. The first kappa shape index (κ1) is 26.4. The molecule has 6 nitrogen and oxygen atoms in total. The van der Waals surface area contributed by atoms with Crippen molar-refractivity contribution in [3.63, 3.8) is 0 Å². The molecule has 180 valence electrons. The first-order valence-corrected chi connectivity index (χ1v) is 12.3. The first-order chi connectivity index (χ1) is 16.7. The van der Waals surface area contributed by atoms with Crippen molar-refractivity contribution in [3.05, 3.63) is 98.2 Å². The van der Waals surface area contributed by atoms with Gasteiger partial charge in [0, 0.05) is 21.4 Å². The molecule has 1 aliphatic heterocycles. The molecule has 0 saturated heterocycles. The molecule has 9 heteroatoms. The van der Waals surface area contributed by atoms with Crippen LogP contribution in [-0.2, 0) is 14.3 Å². The minimum absolute atomic E-state index is 0.0376. The Morgan fingerprint density at radius 2 is 1.94 bits per heavy atom. The molecule has 35 heavy (non-hydrogen) atoms. The molecule has 2 aromatic carbocycles. The molecule has 1 heterocycles. The quantitative estimate of drug-likeness (QED) is 0.318. The Kier molecular flexibility index (Phi) is 9.05. The van der Waals surface area contributed by atoms with Crippen LogP contribution in [0.1, 0.15) is 24.0 Å². The standard InChI is InChI=1S/C26H23Cl2N3O3S/c1-4-11-34-26(33)23-16(3)30-25(20(13-29)24(23)17-6-8-18(27)9-7-17)35-14-22(32)31-19-10-5-15(2)21(28)12-19/h4-10,12,24,30H,1,11,14H2,2-3H3,(H,31,32)/t24-/m0/s1. The molecule has 0 aromatic heterocycles. The number of carbonyl (C=O) groups is 2. The van der Waals surface area contributed by atoms with E-state index in [2.05, 4.69) is 23.3 Å². The van der Waals surface area contributed by atoms with Crippen LogP contribution in [-0.4, -0.2) is 24.2 Å². The number of esters is 1. The summed E-state index contributed by atoms with van der Waals surface area (Å²) in [5.41, 5.74) is 3.35. The van der Waals surface area contributed by atoms with Gasteiger partial charge in [-0.2, -0.15) is 5.26 Å². The number of hydrogen-bond donors (Lipinski definition) is 2. The number of halogens is 2. The average Bonchev–Trinajstić information content (AvgIpc) is 2.83. The molecule has 0 unspecified atom stereocenters. The fourth-order valence-corrected chi connectivity index (χ4v) is 4.70. The third-order valence-electron chi connectivity index (χ3n) is 5.21. The predicted octanol–water partition coefficient (Wildman–Crippen LogP) is 6.10. The lowest BCUT2D eigenvalue weighted by Crippen LogP contribution is -2.29. The van der Waals surface area contributed by atoms with E-state index in [-0.39, 0.29) is 18.3 Å². The number of nitrogens with one attached hydrogen (secondary N) is 2. The van der Waals surface area contributed by atoms with Crippen LogP contribution in [0.25, 0.3) is 0 Å². The van der Waals surface area contributed by atoms with Gasteiger partial charge in [-0.25, -0.2) is 4.79 Å². The maximum Gasteiger partial charge on any atom is 0.337 e. The van der Waals surface area contributed by atoms with Gasteiger partial charge in [0.15, 0.2) is 0 Å². The zero-order valence-corrected chi connectivity index (χ0v) is 21.5. The van der Waals surface area contributed by atoms with Crippen LogP contribution in [0.15, 0.2) is 77.0 Å². The number of ether oxygens (including phenoxy) is 1. The van der Waals surface area contributed by atoms with Crippen LogP contribution < -0.4 is 10.6 Å². The van der Waals surface area contributed by atoms with Gasteiger partial charge < -0.3 is 15.4 Å². The molecule has 0 fully saturated rings. The van der Waals surface area contributed by atoms with Crippen LogP contribution in [0, 0.1) is 18.3 Å². The van der Waals surface area contributed by atoms with Crippen molar-refractivity contribution in [2.45, 2.75) is 19.8 Å². The Morgan fingerprint density at radius 3 is 2.57 bits per heavy atom. The molecule has 1 aliphatic rings. The minimum Gasteiger partial charge on any atom is -0.458 e. The number of aryl methyl sites for hydroxylation is 1. The van der Waals surface area contributed by atoms with Crippen LogP contribution in [0.4, 0.5) is 5.69 Å². The van der Waals surface area contributed by atoms with E-state index in [1.807, 2.05) is 13.0 Å². The van der Waals surface area contributed by atoms with Crippen LogP contribution >= 0.6 is 35.0 Å². The van der Waals surface area contributed by atoms with Gasteiger partial charge in [-0.3, -0.25) is 4.79 Å². The number of allylic oxidation sites excluding steroid dienone is 2. The van der Waals surface area contributed by atoms with E-state index < -0.39 is 11.9 Å². The Morgan fingerprint density at radius 1 is 1.23 bits per heavy atom. The van der Waals surface area contributed by atoms with Gasteiger partial charge in [0.1, 0.15) is 6.61 Å². The number of rotatable bonds is 8. The van der Waals surface area contributed by atoms with Crippen molar-refractivity contribution in [1.29, 1.82) is 5.26 Å². The van der Waals surface area contributed by atoms with Gasteiger partial charge in [-0.05, 0) is 49.2 Å². The van der Waals surface area contributed by atoms with E-state index in [0.29, 0.717) is 43.2 Å². The highest BCUT2D eigenvalue weighted by atomic mass is 35.5. The fraction of sp³-hybridized carbons (Fsp3) is 0.192. The SMILES string of the molecule is C=CCOC(=O)C1=C(C)NC(SCC(=O)Nc2ccc(C)c(Cl)c2)=C(C#N)[C@@H]1c1ccc(Cl)cc1. The Hall–Kier alpha value is -3.18. The van der Waals surface area contributed by atoms with Gasteiger partial charge in [0.25, 0.3) is 0 Å². The fourth-order valence-electron chi connectivity index (χ4n) is 3.50. The second-order valence-corrected chi connectivity index (χ2v) is 9.52. The number of hydrogen-bond acceptors (Lipinski definition) is 6. The second kappa shape index (κ2) is 12.0. The summed E-state index contributed by atoms with van der Waals surface area (Å²) in [6.07, 6.45) is 1.48. The molecule has 0 radical (unpaired) electrons. The molecule has 0 aliphatic carbocycles. The van der Waals surface area contributed by atoms with Gasteiger partial charge in [0.2, 0.25) is 5.91 Å². The Balaban J connectivity index is 1.88. The molecule has 1 atom stereocenters. The summed E-state index contributed by atoms with van der Waals surface area (Å²) >= 11 is 13.4. The molecule has 0 bridgehead atoms. The molecular formula is C26H23Cl2N3O3S. The number of benzene rings is 2. The number of dihydropyridines is 1. The molecule has 3 rings (SSSR count). The number of anilines is 1. The lowest BCUT2D eigenvalue weighted by Gasteiger charge is -2.29. The Bertz CT molecular complexity index is 1260. The summed E-state index contributed by atoms with van der Waals surface area (Å²) in [5, 5.41) is 17.6. The second-order valence-electron chi connectivity index (χ2n) is 7.69. The van der Waals surface area contributed by atoms with E-state index >= 15 is 0 Å². The Labute approximate surface area is 218 Å². The smallest absolute Gasteiger partial charge is 0.337 e. The van der Waals surface area contributed by atoms with Crippen molar-refractivity contribution < 1.29 is 14.3 Å². The first-order valence-electron chi connectivity index (χ1n) is 10.6. The van der Waals surface area contributed by atoms with E-state index in [4.69, 9.17) is 27.9 Å². The van der Waals surface area contributed by atoms with Gasteiger partial charge in [0.05, 0.1) is 33.9 Å². The third-order valence-corrected chi connectivity index (χ3v) is 6.88. The van der Waals surface area contributed by atoms with E-state index in [0.717, 1.165) is 5.56 Å². The number of nitriles is 1. The summed E-state index contributed by atoms with van der Waals surface area (Å²) in [4.78, 5) is 25.5. The third kappa shape index (κ3) is 6.49. The predicted molar refractivity (Wildman–Crippen MR) is 141 cm³/mol. The summed E-state index contributed by atoms with van der Waals surface area (Å²) in [6.45, 7) is 7.22. The van der Waals surface area contributed by atoms with Crippen molar-refractivity contribution in [2.24, 2.45) is 0 Å². The largest absolute Gasteiger partial charge is 0.458 e. The van der Waals surface area contributed by atoms with Crippen molar-refractivity contribution in [1.82, 2.24) is 5.32 Å². The highest BCUT2D eigenvalue weighted by molar-refractivity contribution is 8.03. The molecule has 2 aromatic rings. The molecule has 0 spiro atoms. The van der Waals surface area contributed by atoms with Crippen molar-refractivity contribution in [2.75, 3.05) is 17.7 Å². The van der Waals surface area contributed by atoms with E-state index in [1.54, 1.807) is 43.3 Å². The molecule has 1 amide bonds. The summed E-state index contributed by atoms with van der Waals surface area (Å²) in [5.74, 6) is -1.46. The monoisotopic (exact) mass is 527 g/mol. The van der Waals surface area contributed by atoms with E-state index in [9.17, 15) is 14.9 Å². The van der Waals surface area contributed by atoms with Gasteiger partial charge in [-0.15, -0.1) is 0 Å². The summed E-state index contributed by atoms with van der Waals surface area (Å²) < 4.78 is 5.29. The van der Waals surface area contributed by atoms with Gasteiger partial charge >= 0.3 is 5.97 Å². The minimum atomic E-state index is -0.683. The van der Waals surface area contributed by atoms with Crippen LogP contribution in [0.5, 0.6) is 0 Å². The highest BCUT2D eigenvalue weighted by Gasteiger charge is 2.35. The lowest BCUT2D eigenvalue weighted by molar-refractivity contribution is -0.138. The number of thioether (sulfide) groups is 1. The van der Waals surface area contributed by atoms with Crippen LogP contribution in [0.3, 0.4) is 0 Å². The normalized spacial score (nSPS) is 15.2. The molecule has 0 saturated carbocycles. The maximum absolute atomic E-state index is 12.9. The molecule has 2 N–H and O–H groups in total. The van der Waals surface area contributed by atoms with Crippen molar-refractivity contribution in [3.8, 4) is 6.07 Å². The van der Waals surface area contributed by atoms with E-state index in [1.165, 1.54) is 17.8 Å². The summed E-state index contributed by atoms with van der Waals surface area (Å²) in [6, 6.07) is 14.4.